The summed E-state index contributed by atoms with van der Waals surface area (Å²) in [5.74, 6) is 2.89. The van der Waals surface area contributed by atoms with Gasteiger partial charge in [0.1, 0.15) is 17.1 Å². The summed E-state index contributed by atoms with van der Waals surface area (Å²) in [4.78, 5) is 2.52. The first-order valence-electron chi connectivity index (χ1n) is 11.9. The van der Waals surface area contributed by atoms with Crippen LogP contribution in [0, 0.1) is 5.92 Å². The van der Waals surface area contributed by atoms with E-state index in [1.54, 1.807) is 40.2 Å². The van der Waals surface area contributed by atoms with E-state index in [0.29, 0.717) is 18.5 Å². The van der Waals surface area contributed by atoms with E-state index >= 15 is 0 Å². The van der Waals surface area contributed by atoms with Gasteiger partial charge in [-0.1, -0.05) is 6.42 Å². The molecule has 1 saturated heterocycles. The molecule has 0 radical (unpaired) electrons. The number of benzene rings is 1. The van der Waals surface area contributed by atoms with E-state index < -0.39 is 0 Å². The minimum absolute atomic E-state index is 0.352. The van der Waals surface area contributed by atoms with Gasteiger partial charge in [-0.15, -0.1) is 5.01 Å². The van der Waals surface area contributed by atoms with Gasteiger partial charge in [-0.05, 0) is 59.7 Å². The van der Waals surface area contributed by atoms with Crippen LogP contribution in [0.3, 0.4) is 0 Å². The molecule has 1 aliphatic carbocycles. The molecule has 2 atom stereocenters. The van der Waals surface area contributed by atoms with E-state index in [0.717, 1.165) is 76.2 Å². The predicted octanol–water partition coefficient (Wildman–Crippen LogP) is 2.81. The smallest absolute Gasteiger partial charge is 0.298 e. The van der Waals surface area contributed by atoms with E-state index in [4.69, 9.17) is 28.8 Å². The average Bonchev–Trinajstić information content (AvgIpc) is 3.56. The fourth-order valence-electron chi connectivity index (χ4n) is 5.08. The highest BCUT2D eigenvalue weighted by Crippen LogP contribution is 2.41. The topological polar surface area (TPSA) is 66.2 Å². The largest absolute Gasteiger partial charge is 0.496 e. The summed E-state index contributed by atoms with van der Waals surface area (Å²) in [7, 11) is 6.76. The van der Waals surface area contributed by atoms with Crippen molar-refractivity contribution in [2.24, 2.45) is 11.0 Å². The maximum atomic E-state index is 5.85. The van der Waals surface area contributed by atoms with E-state index in [1.807, 2.05) is 12.1 Å². The van der Waals surface area contributed by atoms with Gasteiger partial charge < -0.3 is 28.6 Å². The second kappa shape index (κ2) is 10.2. The Balaban J connectivity index is 1.53. The molecule has 2 unspecified atom stereocenters. The second-order valence-electron chi connectivity index (χ2n) is 9.07. The van der Waals surface area contributed by atoms with Crippen LogP contribution in [0.1, 0.15) is 36.8 Å². The zero-order chi connectivity index (χ0) is 23.7. The second-order valence-corrected chi connectivity index (χ2v) is 9.95. The lowest BCUT2D eigenvalue weighted by Crippen LogP contribution is -3.00. The van der Waals surface area contributed by atoms with Crippen molar-refractivity contribution in [3.8, 4) is 11.5 Å². The number of fused-ring (bicyclic) bond motifs is 1. The van der Waals surface area contributed by atoms with Crippen LogP contribution >= 0.6 is 11.8 Å². The molecular weight excluding hydrogens is 454 g/mol. The lowest BCUT2D eigenvalue weighted by molar-refractivity contribution is -0.776. The van der Waals surface area contributed by atoms with E-state index in [1.165, 1.54) is 19.3 Å². The standard InChI is InChI=1S/C25H33N3O5S/c1-29-13-17-10-20(30-2)22(21(11-17)31-3)19-15-34-25-23(24(32-4)26-28(19)25)27(12-16-6-5-7-16)18-8-9-33-14-18/h10-11,15-16,18H,5-9,12-14H2,1-4H3/p+1. The van der Waals surface area contributed by atoms with Crippen LogP contribution in [0.2, 0.25) is 0 Å². The number of methoxy groups -OCH3 is 4. The van der Waals surface area contributed by atoms with Crippen molar-refractivity contribution in [3.63, 3.8) is 0 Å². The molecule has 0 aromatic heterocycles. The van der Waals surface area contributed by atoms with Gasteiger partial charge >= 0.3 is 0 Å². The first kappa shape index (κ1) is 23.5. The Hall–Kier alpha value is -2.20. The molecule has 0 amide bonds. The Morgan fingerprint density at radius 3 is 2.41 bits per heavy atom. The van der Waals surface area contributed by atoms with Crippen molar-refractivity contribution < 1.29 is 28.7 Å². The number of nitrogens with zero attached hydrogens (tertiary/aromatic N) is 2. The summed E-state index contributed by atoms with van der Waals surface area (Å²) >= 11 is 1.70. The first-order chi connectivity index (χ1) is 16.7. The maximum absolute atomic E-state index is 5.85. The van der Waals surface area contributed by atoms with Gasteiger partial charge in [0.05, 0.1) is 40.6 Å². The van der Waals surface area contributed by atoms with Crippen LogP contribution in [0.5, 0.6) is 11.5 Å². The number of thioether (sulfide) groups is 1. The third-order valence-corrected chi connectivity index (χ3v) is 8.02. The van der Waals surface area contributed by atoms with Gasteiger partial charge in [-0.2, -0.15) is 0 Å². The molecule has 3 heterocycles. The van der Waals surface area contributed by atoms with E-state index in [9.17, 15) is 0 Å². The summed E-state index contributed by atoms with van der Waals surface area (Å²) in [6.07, 6.45) is 4.94. The number of nitrogens with one attached hydrogen (secondary N) is 1. The molecule has 1 aromatic carbocycles. The lowest BCUT2D eigenvalue weighted by Gasteiger charge is -2.36. The highest BCUT2D eigenvalue weighted by Gasteiger charge is 2.47. The van der Waals surface area contributed by atoms with Crippen molar-refractivity contribution in [2.45, 2.75) is 38.3 Å². The lowest BCUT2D eigenvalue weighted by atomic mass is 9.84. The van der Waals surface area contributed by atoms with Crippen LogP contribution in [-0.2, 0) is 20.8 Å². The number of quaternary nitrogens is 1. The van der Waals surface area contributed by atoms with Gasteiger partial charge in [0.25, 0.3) is 5.90 Å². The van der Waals surface area contributed by atoms with Crippen LogP contribution in [-0.4, -0.2) is 65.0 Å². The van der Waals surface area contributed by atoms with Crippen LogP contribution in [0.4, 0.5) is 0 Å². The van der Waals surface area contributed by atoms with Crippen molar-refractivity contribution in [3.05, 3.63) is 39.4 Å². The van der Waals surface area contributed by atoms with E-state index in [2.05, 4.69) is 10.3 Å². The van der Waals surface area contributed by atoms with Gasteiger partial charge in [0.15, 0.2) is 11.4 Å². The molecule has 0 bridgehead atoms. The molecule has 1 N–H and O–H groups in total. The molecule has 2 fully saturated rings. The van der Waals surface area contributed by atoms with Gasteiger partial charge in [-0.25, -0.2) is 0 Å². The molecule has 1 aromatic rings. The van der Waals surface area contributed by atoms with Gasteiger partial charge in [0, 0.05) is 25.7 Å². The fraction of sp³-hybridized carbons (Fsp3) is 0.560. The quantitative estimate of drug-likeness (QED) is 0.573. The number of ether oxygens (including phenoxy) is 5. The minimum atomic E-state index is 0.352. The molecule has 0 spiro atoms. The van der Waals surface area contributed by atoms with Crippen LogP contribution in [0.15, 0.2) is 33.4 Å². The zero-order valence-corrected chi connectivity index (χ0v) is 21.2. The molecule has 8 nitrogen and oxygen atoms in total. The SMILES string of the molecule is COCc1cc(OC)c(C2=CSC3=C(N(CC4CCC4)C4CCOC4)C(OC)=N[NH+]23)c(OC)c1. The zero-order valence-electron chi connectivity index (χ0n) is 20.4. The molecule has 34 heavy (non-hydrogen) atoms. The Kier molecular flexibility index (Phi) is 7.06. The highest BCUT2D eigenvalue weighted by molar-refractivity contribution is 8.06. The van der Waals surface area contributed by atoms with Crippen molar-refractivity contribution in [1.29, 1.82) is 0 Å². The monoisotopic (exact) mass is 488 g/mol. The summed E-state index contributed by atoms with van der Waals surface area (Å²) in [6.45, 7) is 3.07. The Labute approximate surface area is 205 Å². The fourth-order valence-corrected chi connectivity index (χ4v) is 6.13. The molecule has 1 saturated carbocycles. The highest BCUT2D eigenvalue weighted by atomic mass is 32.2. The molecule has 9 heteroatoms. The van der Waals surface area contributed by atoms with Crippen molar-refractivity contribution in [1.82, 2.24) is 4.90 Å². The maximum Gasteiger partial charge on any atom is 0.298 e. The average molecular weight is 489 g/mol. The third-order valence-electron chi connectivity index (χ3n) is 7.05. The number of hydrogen-bond acceptors (Lipinski definition) is 8. The minimum Gasteiger partial charge on any atom is -0.496 e. The number of rotatable bonds is 9. The van der Waals surface area contributed by atoms with Crippen LogP contribution < -0.4 is 14.5 Å². The van der Waals surface area contributed by atoms with Crippen molar-refractivity contribution >= 4 is 23.4 Å². The van der Waals surface area contributed by atoms with Crippen molar-refractivity contribution in [2.75, 3.05) is 48.2 Å². The summed E-state index contributed by atoms with van der Waals surface area (Å²) in [6, 6.07) is 4.36. The summed E-state index contributed by atoms with van der Waals surface area (Å²) in [5.41, 5.74) is 3.99. The van der Waals surface area contributed by atoms with E-state index in [-0.39, 0.29) is 0 Å². The molecule has 5 rings (SSSR count). The normalized spacial score (nSPS) is 24.0. The molecule has 4 aliphatic rings. The third kappa shape index (κ3) is 4.19. The molecular formula is C25H34N3O5S+. The Morgan fingerprint density at radius 1 is 1.09 bits per heavy atom. The number of hydrogen-bond donors (Lipinski definition) is 1. The first-order valence-corrected chi connectivity index (χ1v) is 12.8. The Bertz CT molecular complexity index is 989. The van der Waals surface area contributed by atoms with Crippen LogP contribution in [0.25, 0.3) is 5.70 Å². The van der Waals surface area contributed by atoms with Gasteiger partial charge in [0.2, 0.25) is 5.03 Å². The molecule has 3 aliphatic heterocycles. The molecule has 184 valence electrons. The predicted molar refractivity (Wildman–Crippen MR) is 132 cm³/mol. The summed E-state index contributed by atoms with van der Waals surface area (Å²) < 4.78 is 28.6. The summed E-state index contributed by atoms with van der Waals surface area (Å²) in [5, 5.41) is 9.21. The Morgan fingerprint density at radius 2 is 1.85 bits per heavy atom. The van der Waals surface area contributed by atoms with Gasteiger partial charge in [-0.3, -0.25) is 0 Å².